The Hall–Kier alpha value is -0.790. The third-order valence-corrected chi connectivity index (χ3v) is 5.22. The van der Waals surface area contributed by atoms with Crippen LogP contribution in [0.1, 0.15) is 112 Å². The first-order valence-corrected chi connectivity index (χ1v) is 10.9. The molecule has 0 aliphatic rings. The molecule has 0 aromatic carbocycles. The second-order valence-corrected chi connectivity index (χ2v) is 7.37. The first-order chi connectivity index (χ1) is 12.6. The van der Waals surface area contributed by atoms with Crippen LogP contribution in [0.5, 0.6) is 0 Å². The summed E-state index contributed by atoms with van der Waals surface area (Å²) in [6, 6.07) is 0. The Labute approximate surface area is 162 Å². The van der Waals surface area contributed by atoms with Crippen molar-refractivity contribution in [2.24, 2.45) is 0 Å². The lowest BCUT2D eigenvalue weighted by atomic mass is 9.85. The van der Waals surface area contributed by atoms with Gasteiger partial charge in [0.25, 0.3) is 12.0 Å². The minimum atomic E-state index is -0.982. The summed E-state index contributed by atoms with van der Waals surface area (Å²) < 4.78 is 17.8. The van der Waals surface area contributed by atoms with Crippen molar-refractivity contribution >= 4 is 0 Å². The minimum absolute atomic E-state index is 0.507. The fraction of sp³-hybridized carbons (Fsp3) is 0.955. The van der Waals surface area contributed by atoms with E-state index in [0.29, 0.717) is 19.6 Å². The quantitative estimate of drug-likeness (QED) is 0.153. The van der Waals surface area contributed by atoms with Crippen molar-refractivity contribution in [3.63, 3.8) is 0 Å². The summed E-state index contributed by atoms with van der Waals surface area (Å²) in [4.78, 5) is 0. The molecule has 0 N–H and O–H groups in total. The Morgan fingerprint density at radius 2 is 1.23 bits per heavy atom. The van der Waals surface area contributed by atoms with E-state index >= 15 is 0 Å². The molecule has 0 fully saturated rings. The smallest absolute Gasteiger partial charge is 0.289 e. The SMILES string of the molecule is CCCCCCCCCCC(OC#N)(OCC)C(C)(CCCC)OCC. The van der Waals surface area contributed by atoms with Gasteiger partial charge in [0.1, 0.15) is 5.60 Å². The third-order valence-electron chi connectivity index (χ3n) is 5.22. The molecule has 0 aromatic heterocycles. The van der Waals surface area contributed by atoms with E-state index in [-0.39, 0.29) is 0 Å². The average molecular weight is 370 g/mol. The van der Waals surface area contributed by atoms with Gasteiger partial charge < -0.3 is 14.2 Å². The molecule has 0 aromatic rings. The number of rotatable bonds is 18. The van der Waals surface area contributed by atoms with E-state index in [0.717, 1.165) is 32.1 Å². The van der Waals surface area contributed by atoms with Crippen LogP contribution in [0.25, 0.3) is 0 Å². The predicted octanol–water partition coefficient (Wildman–Crippen LogP) is 6.73. The third kappa shape index (κ3) is 8.73. The van der Waals surface area contributed by atoms with E-state index in [1.54, 1.807) is 0 Å². The van der Waals surface area contributed by atoms with Gasteiger partial charge >= 0.3 is 0 Å². The van der Waals surface area contributed by atoms with Crippen LogP contribution in [0.2, 0.25) is 0 Å². The Morgan fingerprint density at radius 3 is 1.73 bits per heavy atom. The van der Waals surface area contributed by atoms with Gasteiger partial charge in [-0.2, -0.15) is 5.26 Å². The van der Waals surface area contributed by atoms with E-state index < -0.39 is 11.4 Å². The Bertz CT molecular complexity index is 369. The highest BCUT2D eigenvalue weighted by Crippen LogP contribution is 2.39. The lowest BCUT2D eigenvalue weighted by Crippen LogP contribution is -2.57. The summed E-state index contributed by atoms with van der Waals surface area (Å²) in [6.07, 6.45) is 15.5. The minimum Gasteiger partial charge on any atom is -0.389 e. The fourth-order valence-electron chi connectivity index (χ4n) is 3.68. The summed E-state index contributed by atoms with van der Waals surface area (Å²) in [7, 11) is 0. The number of nitrogens with zero attached hydrogens (tertiary/aromatic N) is 1. The van der Waals surface area contributed by atoms with E-state index in [4.69, 9.17) is 14.2 Å². The summed E-state index contributed by atoms with van der Waals surface area (Å²) >= 11 is 0. The summed E-state index contributed by atoms with van der Waals surface area (Å²) in [5, 5.41) is 9.30. The number of ether oxygens (including phenoxy) is 3. The van der Waals surface area contributed by atoms with E-state index in [1.165, 1.54) is 38.5 Å². The van der Waals surface area contributed by atoms with Crippen LogP contribution in [0.15, 0.2) is 0 Å². The maximum Gasteiger partial charge on any atom is 0.289 e. The van der Waals surface area contributed by atoms with Crippen molar-refractivity contribution in [1.29, 1.82) is 5.26 Å². The number of nitriles is 1. The molecule has 4 heteroatoms. The van der Waals surface area contributed by atoms with Gasteiger partial charge in [-0.15, -0.1) is 0 Å². The normalized spacial score (nSPS) is 15.8. The Balaban J connectivity index is 4.85. The van der Waals surface area contributed by atoms with Crippen LogP contribution in [0.3, 0.4) is 0 Å². The maximum atomic E-state index is 9.30. The summed E-state index contributed by atoms with van der Waals surface area (Å²) in [5.74, 6) is -0.982. The van der Waals surface area contributed by atoms with Gasteiger partial charge in [0, 0.05) is 19.6 Å². The number of unbranched alkanes of at least 4 members (excludes halogenated alkanes) is 8. The lowest BCUT2D eigenvalue weighted by molar-refractivity contribution is -0.308. The van der Waals surface area contributed by atoms with Crippen molar-refractivity contribution in [3.8, 4) is 6.26 Å². The topological polar surface area (TPSA) is 51.5 Å². The van der Waals surface area contributed by atoms with E-state index in [2.05, 4.69) is 13.8 Å². The van der Waals surface area contributed by atoms with E-state index in [1.807, 2.05) is 27.0 Å². The van der Waals surface area contributed by atoms with Crippen molar-refractivity contribution in [1.82, 2.24) is 0 Å². The van der Waals surface area contributed by atoms with Gasteiger partial charge in [0.15, 0.2) is 0 Å². The molecule has 0 aliphatic heterocycles. The van der Waals surface area contributed by atoms with Gasteiger partial charge in [-0.25, -0.2) is 0 Å². The molecule has 26 heavy (non-hydrogen) atoms. The van der Waals surface area contributed by atoms with Gasteiger partial charge in [-0.1, -0.05) is 71.6 Å². The molecular weight excluding hydrogens is 326 g/mol. The van der Waals surface area contributed by atoms with Crippen molar-refractivity contribution in [2.75, 3.05) is 13.2 Å². The molecule has 0 amide bonds. The molecular formula is C22H43NO3. The molecule has 0 radical (unpaired) electrons. The molecule has 0 rings (SSSR count). The highest BCUT2D eigenvalue weighted by Gasteiger charge is 2.52. The van der Waals surface area contributed by atoms with Crippen molar-refractivity contribution in [2.45, 2.75) is 123 Å². The summed E-state index contributed by atoms with van der Waals surface area (Å²) in [5.41, 5.74) is -0.607. The molecule has 0 saturated heterocycles. The van der Waals surface area contributed by atoms with Crippen LogP contribution in [0.4, 0.5) is 0 Å². The van der Waals surface area contributed by atoms with Crippen molar-refractivity contribution < 1.29 is 14.2 Å². The molecule has 0 spiro atoms. The first-order valence-electron chi connectivity index (χ1n) is 10.9. The summed E-state index contributed by atoms with van der Waals surface area (Å²) in [6.45, 7) is 11.5. The Kier molecular flexibility index (Phi) is 14.8. The van der Waals surface area contributed by atoms with Crippen molar-refractivity contribution in [3.05, 3.63) is 0 Å². The largest absolute Gasteiger partial charge is 0.389 e. The second-order valence-electron chi connectivity index (χ2n) is 7.37. The Morgan fingerprint density at radius 1 is 0.692 bits per heavy atom. The van der Waals surface area contributed by atoms with Gasteiger partial charge in [0.2, 0.25) is 0 Å². The number of hydrogen-bond acceptors (Lipinski definition) is 4. The standard InChI is InChI=1S/C22H43NO3/c1-6-10-12-13-14-15-16-17-19-22(25-9-4,26-20-23)21(5,24-8-3)18-11-7-2/h6-19H2,1-5H3. The molecule has 0 heterocycles. The maximum absolute atomic E-state index is 9.30. The van der Waals surface area contributed by atoms with Crippen LogP contribution in [-0.4, -0.2) is 24.6 Å². The zero-order valence-corrected chi connectivity index (χ0v) is 18.1. The highest BCUT2D eigenvalue weighted by atomic mass is 16.7. The van der Waals surface area contributed by atoms with Gasteiger partial charge in [0.05, 0.1) is 0 Å². The van der Waals surface area contributed by atoms with E-state index in [9.17, 15) is 5.26 Å². The van der Waals surface area contributed by atoms with Crippen LogP contribution < -0.4 is 0 Å². The molecule has 0 aliphatic carbocycles. The number of hydrogen-bond donors (Lipinski definition) is 0. The molecule has 154 valence electrons. The molecule has 2 unspecified atom stereocenters. The highest BCUT2D eigenvalue weighted by molar-refractivity contribution is 4.95. The first kappa shape index (κ1) is 25.2. The van der Waals surface area contributed by atoms with Crippen LogP contribution >= 0.6 is 0 Å². The molecule has 0 bridgehead atoms. The zero-order valence-electron chi connectivity index (χ0n) is 18.1. The average Bonchev–Trinajstić information content (AvgIpc) is 2.62. The molecule has 0 saturated carbocycles. The van der Waals surface area contributed by atoms with Crippen LogP contribution in [-0.2, 0) is 14.2 Å². The van der Waals surface area contributed by atoms with Gasteiger partial charge in [-0.05, 0) is 33.6 Å². The van der Waals surface area contributed by atoms with Gasteiger partial charge in [-0.3, -0.25) is 0 Å². The predicted molar refractivity (Wildman–Crippen MR) is 108 cm³/mol. The molecule has 4 nitrogen and oxygen atoms in total. The second kappa shape index (κ2) is 15.3. The fourth-order valence-corrected chi connectivity index (χ4v) is 3.68. The zero-order chi connectivity index (χ0) is 19.7. The lowest BCUT2D eigenvalue weighted by Gasteiger charge is -2.45. The molecule has 2 atom stereocenters. The monoisotopic (exact) mass is 369 g/mol. The van der Waals surface area contributed by atoms with Crippen LogP contribution in [0, 0.1) is 11.5 Å².